The molecule has 0 rings (SSSR count). The first-order chi connectivity index (χ1) is 4.09. The number of carbonyl (C=O) groups excluding carboxylic acids is 1. The predicted molar refractivity (Wildman–Crippen MR) is 34.6 cm³/mol. The largest absolute Gasteiger partial charge is 0.299 e. The third-order valence-corrected chi connectivity index (χ3v) is 1.24. The van der Waals surface area contributed by atoms with Gasteiger partial charge in [0.05, 0.1) is 6.07 Å². The Morgan fingerprint density at radius 3 is 2.00 bits per heavy atom. The van der Waals surface area contributed by atoms with E-state index < -0.39 is 5.92 Å². The molecule has 1 atom stereocenters. The van der Waals surface area contributed by atoms with Gasteiger partial charge in [-0.25, -0.2) is 0 Å². The average Bonchev–Trinajstić information content (AvgIpc) is 1.64. The van der Waals surface area contributed by atoms with E-state index in [0.717, 1.165) is 0 Å². The third kappa shape index (κ3) is 2.27. The number of Topliss-reactive ketones (excluding diaryl/α,β-unsaturated/α-hetero) is 1. The van der Waals surface area contributed by atoms with Crippen molar-refractivity contribution in [3.63, 3.8) is 0 Å². The summed E-state index contributed by atoms with van der Waals surface area (Å²) in [4.78, 5) is 10.6. The molecule has 0 aromatic rings. The van der Waals surface area contributed by atoms with Crippen LogP contribution < -0.4 is 0 Å². The maximum absolute atomic E-state index is 10.6. The van der Waals surface area contributed by atoms with Gasteiger partial charge in [-0.1, -0.05) is 13.8 Å². The lowest BCUT2D eigenvalue weighted by atomic mass is 9.94. The zero-order chi connectivity index (χ0) is 7.44. The molecule has 0 saturated carbocycles. The van der Waals surface area contributed by atoms with Gasteiger partial charge in [0.2, 0.25) is 0 Å². The minimum absolute atomic E-state index is 0.0347. The highest BCUT2D eigenvalue weighted by Gasteiger charge is 2.16. The molecule has 0 N–H and O–H groups in total. The van der Waals surface area contributed by atoms with Gasteiger partial charge < -0.3 is 0 Å². The Balaban J connectivity index is 4.04. The van der Waals surface area contributed by atoms with E-state index in [9.17, 15) is 4.79 Å². The van der Waals surface area contributed by atoms with Gasteiger partial charge in [0.25, 0.3) is 0 Å². The highest BCUT2D eigenvalue weighted by atomic mass is 16.1. The molecule has 9 heavy (non-hydrogen) atoms. The number of nitriles is 1. The number of rotatable bonds is 2. The van der Waals surface area contributed by atoms with Crippen molar-refractivity contribution in [3.8, 4) is 6.07 Å². The lowest BCUT2D eigenvalue weighted by Gasteiger charge is -2.06. The summed E-state index contributed by atoms with van der Waals surface area (Å²) in [5, 5.41) is 8.40. The lowest BCUT2D eigenvalue weighted by molar-refractivity contribution is -0.120. The van der Waals surface area contributed by atoms with Crippen LogP contribution in [-0.2, 0) is 4.79 Å². The van der Waals surface area contributed by atoms with E-state index in [4.69, 9.17) is 5.26 Å². The maximum atomic E-state index is 10.6. The third-order valence-electron chi connectivity index (χ3n) is 1.24. The Labute approximate surface area is 55.5 Å². The van der Waals surface area contributed by atoms with E-state index in [-0.39, 0.29) is 11.7 Å². The van der Waals surface area contributed by atoms with Crippen LogP contribution in [0.2, 0.25) is 0 Å². The number of ketones is 1. The topological polar surface area (TPSA) is 40.9 Å². The van der Waals surface area contributed by atoms with E-state index in [1.807, 2.05) is 19.9 Å². The molecule has 1 unspecified atom stereocenters. The molecular formula is C7H11NO. The van der Waals surface area contributed by atoms with Gasteiger partial charge in [-0.05, 0) is 12.8 Å². The van der Waals surface area contributed by atoms with Crippen molar-refractivity contribution in [2.75, 3.05) is 0 Å². The lowest BCUT2D eigenvalue weighted by Crippen LogP contribution is -2.14. The van der Waals surface area contributed by atoms with Gasteiger partial charge in [0.1, 0.15) is 11.7 Å². The van der Waals surface area contributed by atoms with Crippen molar-refractivity contribution in [1.82, 2.24) is 0 Å². The first-order valence-electron chi connectivity index (χ1n) is 2.99. The predicted octanol–water partition coefficient (Wildman–Crippen LogP) is 1.37. The summed E-state index contributed by atoms with van der Waals surface area (Å²) in [7, 11) is 0. The first-order valence-corrected chi connectivity index (χ1v) is 2.99. The Morgan fingerprint density at radius 2 is 2.00 bits per heavy atom. The molecule has 0 bridgehead atoms. The summed E-state index contributed by atoms with van der Waals surface area (Å²) in [6.45, 7) is 5.19. The molecule has 0 aromatic carbocycles. The molecule has 0 aliphatic heterocycles. The molecule has 0 fully saturated rings. The Hall–Kier alpha value is -0.840. The van der Waals surface area contributed by atoms with E-state index in [1.54, 1.807) is 0 Å². The van der Waals surface area contributed by atoms with Crippen molar-refractivity contribution in [2.45, 2.75) is 20.8 Å². The molecule has 2 heteroatoms. The zero-order valence-corrected chi connectivity index (χ0v) is 6.01. The highest BCUT2D eigenvalue weighted by molar-refractivity contribution is 5.80. The smallest absolute Gasteiger partial charge is 0.147 e. The Morgan fingerprint density at radius 1 is 1.56 bits per heavy atom. The van der Waals surface area contributed by atoms with Crippen LogP contribution in [0.25, 0.3) is 0 Å². The first kappa shape index (κ1) is 8.16. The summed E-state index contributed by atoms with van der Waals surface area (Å²) in [6.07, 6.45) is 0. The molecule has 0 aromatic heterocycles. The van der Waals surface area contributed by atoms with E-state index in [0.29, 0.717) is 0 Å². The van der Waals surface area contributed by atoms with Crippen LogP contribution in [0.4, 0.5) is 0 Å². The standard InChI is InChI=1S/C7H11NO/c1-5(2)7(4-8)6(3)9/h5,7H,1-3H3. The fourth-order valence-electron chi connectivity index (χ4n) is 0.709. The van der Waals surface area contributed by atoms with Crippen LogP contribution in [0.5, 0.6) is 0 Å². The summed E-state index contributed by atoms with van der Waals surface area (Å²) < 4.78 is 0. The quantitative estimate of drug-likeness (QED) is 0.559. The molecule has 0 aliphatic rings. The van der Waals surface area contributed by atoms with Gasteiger partial charge in [0.15, 0.2) is 0 Å². The van der Waals surface area contributed by atoms with Crippen LogP contribution in [0.15, 0.2) is 0 Å². The van der Waals surface area contributed by atoms with Gasteiger partial charge >= 0.3 is 0 Å². The number of hydrogen-bond acceptors (Lipinski definition) is 2. The minimum atomic E-state index is -0.412. The van der Waals surface area contributed by atoms with Crippen molar-refractivity contribution in [2.24, 2.45) is 11.8 Å². The Kier molecular flexibility index (Phi) is 2.94. The minimum Gasteiger partial charge on any atom is -0.299 e. The number of hydrogen-bond donors (Lipinski definition) is 0. The van der Waals surface area contributed by atoms with Crippen molar-refractivity contribution in [1.29, 1.82) is 5.26 Å². The van der Waals surface area contributed by atoms with Gasteiger partial charge in [-0.2, -0.15) is 5.26 Å². The van der Waals surface area contributed by atoms with Gasteiger partial charge in [0, 0.05) is 0 Å². The molecule has 0 aliphatic carbocycles. The number of carbonyl (C=O) groups is 1. The molecule has 0 spiro atoms. The molecule has 0 radical (unpaired) electrons. The second kappa shape index (κ2) is 3.24. The van der Waals surface area contributed by atoms with Crippen molar-refractivity contribution in [3.05, 3.63) is 0 Å². The second-order valence-electron chi connectivity index (χ2n) is 2.46. The van der Waals surface area contributed by atoms with E-state index in [1.165, 1.54) is 6.92 Å². The maximum Gasteiger partial charge on any atom is 0.147 e. The normalized spacial score (nSPS) is 12.8. The Bertz CT molecular complexity index is 143. The SMILES string of the molecule is CC(=O)C(C#N)C(C)C. The average molecular weight is 125 g/mol. The van der Waals surface area contributed by atoms with Crippen LogP contribution >= 0.6 is 0 Å². The highest BCUT2D eigenvalue weighted by Crippen LogP contribution is 2.09. The van der Waals surface area contributed by atoms with E-state index >= 15 is 0 Å². The summed E-state index contributed by atoms with van der Waals surface area (Å²) >= 11 is 0. The van der Waals surface area contributed by atoms with Crippen LogP contribution in [0, 0.1) is 23.2 Å². The van der Waals surface area contributed by atoms with Gasteiger partial charge in [-0.15, -0.1) is 0 Å². The van der Waals surface area contributed by atoms with Crippen molar-refractivity contribution >= 4 is 5.78 Å². The molecule has 2 nitrogen and oxygen atoms in total. The molecule has 0 heterocycles. The fraction of sp³-hybridized carbons (Fsp3) is 0.714. The monoisotopic (exact) mass is 125 g/mol. The van der Waals surface area contributed by atoms with Crippen molar-refractivity contribution < 1.29 is 4.79 Å². The van der Waals surface area contributed by atoms with Crippen LogP contribution in [0.3, 0.4) is 0 Å². The molecule has 0 saturated heterocycles. The molecule has 50 valence electrons. The molecular weight excluding hydrogens is 114 g/mol. The second-order valence-corrected chi connectivity index (χ2v) is 2.46. The van der Waals surface area contributed by atoms with Crippen LogP contribution in [-0.4, -0.2) is 5.78 Å². The van der Waals surface area contributed by atoms with Gasteiger partial charge in [-0.3, -0.25) is 4.79 Å². The fourth-order valence-corrected chi connectivity index (χ4v) is 0.709. The number of nitrogens with zero attached hydrogens (tertiary/aromatic N) is 1. The summed E-state index contributed by atoms with van der Waals surface area (Å²) in [6, 6.07) is 1.95. The van der Waals surface area contributed by atoms with E-state index in [2.05, 4.69) is 0 Å². The summed E-state index contributed by atoms with van der Waals surface area (Å²) in [5.74, 6) is -0.301. The summed E-state index contributed by atoms with van der Waals surface area (Å²) in [5.41, 5.74) is 0. The van der Waals surface area contributed by atoms with Crippen LogP contribution in [0.1, 0.15) is 20.8 Å². The zero-order valence-electron chi connectivity index (χ0n) is 6.01. The molecule has 0 amide bonds.